The average molecular weight is 344 g/mol. The van der Waals surface area contributed by atoms with Crippen LogP contribution >= 0.6 is 12.2 Å². The van der Waals surface area contributed by atoms with Crippen LogP contribution < -0.4 is 10.7 Å². The van der Waals surface area contributed by atoms with Gasteiger partial charge in [-0.15, -0.1) is 0 Å². The van der Waals surface area contributed by atoms with E-state index in [1.165, 1.54) is 18.8 Å². The van der Waals surface area contributed by atoms with Crippen LogP contribution in [0.2, 0.25) is 0 Å². The number of piperidine rings is 2. The van der Waals surface area contributed by atoms with Gasteiger partial charge in [0.15, 0.2) is 5.11 Å². The number of nitrogens with zero attached hydrogens (tertiary/aromatic N) is 3. The summed E-state index contributed by atoms with van der Waals surface area (Å²) in [6.45, 7) is 9.24. The van der Waals surface area contributed by atoms with Crippen LogP contribution in [-0.2, 0) is 0 Å². The second-order valence-electron chi connectivity index (χ2n) is 7.23. The van der Waals surface area contributed by atoms with Crippen molar-refractivity contribution < 1.29 is 0 Å². The Morgan fingerprint density at radius 1 is 1.21 bits per heavy atom. The minimum atomic E-state index is 0.188. The molecule has 0 spiro atoms. The molecule has 4 fully saturated rings. The summed E-state index contributed by atoms with van der Waals surface area (Å²) in [6, 6.07) is 9.99. The summed E-state index contributed by atoms with van der Waals surface area (Å²) in [5.74, 6) is 0.530. The van der Waals surface area contributed by atoms with Crippen LogP contribution in [0.15, 0.2) is 35.4 Å². The van der Waals surface area contributed by atoms with Gasteiger partial charge in [0, 0.05) is 56.3 Å². The summed E-state index contributed by atoms with van der Waals surface area (Å²) in [4.78, 5) is 5.25. The highest BCUT2D eigenvalue weighted by atomic mass is 32.1. The first kappa shape index (κ1) is 16.0. The van der Waals surface area contributed by atoms with Crippen molar-refractivity contribution >= 4 is 28.7 Å². The molecule has 0 saturated carbocycles. The maximum absolute atomic E-state index is 5.42. The number of hydrazone groups is 1. The summed E-state index contributed by atoms with van der Waals surface area (Å²) >= 11 is 5.42. The van der Waals surface area contributed by atoms with Gasteiger partial charge >= 0.3 is 0 Å². The van der Waals surface area contributed by atoms with E-state index in [2.05, 4.69) is 27.5 Å². The van der Waals surface area contributed by atoms with Crippen LogP contribution in [0, 0.1) is 11.3 Å². The molecule has 2 atom stereocenters. The Balaban J connectivity index is 1.50. The largest absolute Gasteiger partial charge is 0.331 e. The lowest BCUT2D eigenvalue weighted by molar-refractivity contribution is 0.114. The normalized spacial score (nSPS) is 35.7. The first-order valence-electron chi connectivity index (χ1n) is 8.83. The molecule has 0 aliphatic carbocycles. The topological polar surface area (TPSA) is 42.9 Å². The summed E-state index contributed by atoms with van der Waals surface area (Å²) < 4.78 is 0. The highest BCUT2D eigenvalue weighted by molar-refractivity contribution is 7.80. The van der Waals surface area contributed by atoms with Gasteiger partial charge in [-0.1, -0.05) is 25.1 Å². The third kappa shape index (κ3) is 2.94. The molecule has 4 bridgehead atoms. The van der Waals surface area contributed by atoms with E-state index < -0.39 is 0 Å². The third-order valence-corrected chi connectivity index (χ3v) is 5.85. The number of nitrogens with one attached hydrogen (secondary N) is 2. The molecule has 5 rings (SSSR count). The fourth-order valence-electron chi connectivity index (χ4n) is 4.51. The van der Waals surface area contributed by atoms with Crippen LogP contribution in [0.4, 0.5) is 5.69 Å². The van der Waals surface area contributed by atoms with E-state index in [0.29, 0.717) is 11.0 Å². The van der Waals surface area contributed by atoms with Crippen molar-refractivity contribution in [2.75, 3.05) is 44.6 Å². The number of fused-ring (bicyclic) bond motifs is 1. The first-order valence-corrected chi connectivity index (χ1v) is 9.24. The molecule has 0 radical (unpaired) electrons. The number of hydrogen-bond acceptors (Lipinski definition) is 4. The van der Waals surface area contributed by atoms with E-state index >= 15 is 0 Å². The van der Waals surface area contributed by atoms with Crippen LogP contribution in [0.5, 0.6) is 0 Å². The average Bonchev–Trinajstić information content (AvgIpc) is 2.83. The molecule has 5 nitrogen and oxygen atoms in total. The predicted molar refractivity (Wildman–Crippen MR) is 102 cm³/mol. The smallest absolute Gasteiger partial charge is 0.191 e. The number of benzene rings is 1. The first-order chi connectivity index (χ1) is 11.7. The zero-order valence-electron chi connectivity index (χ0n) is 14.2. The molecule has 1 aromatic carbocycles. The Labute approximate surface area is 149 Å². The van der Waals surface area contributed by atoms with Gasteiger partial charge in [0.05, 0.1) is 5.71 Å². The van der Waals surface area contributed by atoms with E-state index in [1.807, 2.05) is 30.3 Å². The van der Waals surface area contributed by atoms with Crippen molar-refractivity contribution in [1.82, 2.24) is 15.2 Å². The number of rotatable bonds is 3. The number of anilines is 1. The van der Waals surface area contributed by atoms with Crippen LogP contribution in [-0.4, -0.2) is 59.9 Å². The Morgan fingerprint density at radius 3 is 2.50 bits per heavy atom. The van der Waals surface area contributed by atoms with E-state index in [0.717, 1.165) is 38.3 Å². The summed E-state index contributed by atoms with van der Waals surface area (Å²) in [5.41, 5.74) is 5.61. The van der Waals surface area contributed by atoms with Crippen molar-refractivity contribution in [2.45, 2.75) is 13.3 Å². The molecule has 1 aromatic rings. The van der Waals surface area contributed by atoms with Crippen LogP contribution in [0.3, 0.4) is 0 Å². The van der Waals surface area contributed by atoms with Gasteiger partial charge in [-0.25, -0.2) is 0 Å². The fourth-order valence-corrected chi connectivity index (χ4v) is 4.68. The summed E-state index contributed by atoms with van der Waals surface area (Å²) in [7, 11) is 0. The molecule has 4 aliphatic heterocycles. The molecule has 128 valence electrons. The number of thiocarbonyl (C=S) groups is 1. The highest BCUT2D eigenvalue weighted by Gasteiger charge is 2.51. The minimum absolute atomic E-state index is 0.188. The second kappa shape index (κ2) is 6.43. The van der Waals surface area contributed by atoms with Gasteiger partial charge in [-0.3, -0.25) is 5.43 Å². The molecule has 2 unspecified atom stereocenters. The third-order valence-electron chi connectivity index (χ3n) is 5.66. The molecular formula is C18H25N5S. The monoisotopic (exact) mass is 343 g/mol. The Kier molecular flexibility index (Phi) is 4.28. The lowest BCUT2D eigenvalue weighted by atomic mass is 9.69. The van der Waals surface area contributed by atoms with Gasteiger partial charge < -0.3 is 15.1 Å². The van der Waals surface area contributed by atoms with E-state index in [1.54, 1.807) is 0 Å². The zero-order chi connectivity index (χ0) is 16.6. The quantitative estimate of drug-likeness (QED) is 0.649. The Bertz CT molecular complexity index is 628. The Morgan fingerprint density at radius 2 is 1.88 bits per heavy atom. The van der Waals surface area contributed by atoms with Gasteiger partial charge in [0.1, 0.15) is 0 Å². The second-order valence-corrected chi connectivity index (χ2v) is 7.64. The summed E-state index contributed by atoms with van der Waals surface area (Å²) in [5, 5.41) is 8.58. The lowest BCUT2D eigenvalue weighted by Gasteiger charge is -2.50. The van der Waals surface area contributed by atoms with Crippen molar-refractivity contribution in [3.63, 3.8) is 0 Å². The molecule has 4 heterocycles. The minimum Gasteiger partial charge on any atom is -0.331 e. The molecular weight excluding hydrogens is 318 g/mol. The maximum Gasteiger partial charge on any atom is 0.191 e. The summed E-state index contributed by atoms with van der Waals surface area (Å²) in [6.07, 6.45) is 1.13. The van der Waals surface area contributed by atoms with Crippen molar-refractivity contribution in [3.8, 4) is 0 Å². The molecule has 4 aliphatic rings. The van der Waals surface area contributed by atoms with Crippen LogP contribution in [0.25, 0.3) is 0 Å². The lowest BCUT2D eigenvalue weighted by Crippen LogP contribution is -2.61. The van der Waals surface area contributed by atoms with E-state index in [-0.39, 0.29) is 5.41 Å². The maximum atomic E-state index is 5.42. The van der Waals surface area contributed by atoms with Gasteiger partial charge in [0.25, 0.3) is 0 Å². The molecule has 4 saturated heterocycles. The van der Waals surface area contributed by atoms with Crippen molar-refractivity contribution in [1.29, 1.82) is 0 Å². The Hall–Kier alpha value is -1.50. The number of para-hydroxylation sites is 1. The predicted octanol–water partition coefficient (Wildman–Crippen LogP) is 1.99. The molecule has 0 amide bonds. The highest BCUT2D eigenvalue weighted by Crippen LogP contribution is 2.40. The molecule has 2 N–H and O–H groups in total. The fraction of sp³-hybridized carbons (Fsp3) is 0.556. The SMILES string of the molecule is CCC12CN3CCN(CC(C3)/C1=N/NC(=S)Nc1ccccc1)C2. The van der Waals surface area contributed by atoms with Gasteiger partial charge in [0.2, 0.25) is 0 Å². The van der Waals surface area contributed by atoms with Crippen LogP contribution in [0.1, 0.15) is 13.3 Å². The van der Waals surface area contributed by atoms with Crippen molar-refractivity contribution in [3.05, 3.63) is 30.3 Å². The molecule has 0 aromatic heterocycles. The zero-order valence-corrected chi connectivity index (χ0v) is 15.0. The number of hydrogen-bond donors (Lipinski definition) is 2. The van der Waals surface area contributed by atoms with Gasteiger partial charge in [-0.05, 0) is 30.8 Å². The van der Waals surface area contributed by atoms with Crippen molar-refractivity contribution in [2.24, 2.45) is 16.4 Å². The van der Waals surface area contributed by atoms with E-state index in [4.69, 9.17) is 17.3 Å². The standard InChI is InChI=1S/C18H25N5S/c1-2-18-12-22-8-9-23(13-18)11-14(10-22)16(18)20-21-17(24)19-15-6-4-3-5-7-15/h3-7,14H,2,8-13H2,1H3,(H2,19,21,24)/b20-16-. The van der Waals surface area contributed by atoms with Gasteiger partial charge in [-0.2, -0.15) is 5.10 Å². The van der Waals surface area contributed by atoms with E-state index in [9.17, 15) is 0 Å². The molecule has 6 heteroatoms. The molecule has 24 heavy (non-hydrogen) atoms.